The Hall–Kier alpha value is -1.69. The predicted octanol–water partition coefficient (Wildman–Crippen LogP) is 3.11. The van der Waals surface area contributed by atoms with Crippen LogP contribution in [0.2, 0.25) is 0 Å². The third kappa shape index (κ3) is 3.07. The van der Waals surface area contributed by atoms with Crippen LogP contribution in [0.25, 0.3) is 0 Å². The molecule has 1 N–H and O–H groups in total. The summed E-state index contributed by atoms with van der Waals surface area (Å²) in [7, 11) is 4.81. The summed E-state index contributed by atoms with van der Waals surface area (Å²) in [4.78, 5) is 7.42. The quantitative estimate of drug-likeness (QED) is 0.821. The summed E-state index contributed by atoms with van der Waals surface area (Å²) in [6, 6.07) is 3.87. The second-order valence-corrected chi connectivity index (χ2v) is 5.27. The number of nitrogens with one attached hydrogen (secondary N) is 1. The molecule has 1 aromatic carbocycles. The number of methoxy groups -OCH3 is 3. The molecule has 0 fully saturated rings. The van der Waals surface area contributed by atoms with Gasteiger partial charge in [-0.05, 0) is 17.7 Å². The fourth-order valence-electron chi connectivity index (χ4n) is 1.98. The van der Waals surface area contributed by atoms with Crippen LogP contribution in [0.3, 0.4) is 0 Å². The average molecular weight is 341 g/mol. The highest BCUT2D eigenvalue weighted by molar-refractivity contribution is 9.09. The van der Waals surface area contributed by atoms with Gasteiger partial charge in [-0.3, -0.25) is 0 Å². The molecule has 2 rings (SSSR count). The lowest BCUT2D eigenvalue weighted by Crippen LogP contribution is -2.01. The van der Waals surface area contributed by atoms with E-state index < -0.39 is 0 Å². The molecular weight excluding hydrogens is 324 g/mol. The number of imidazole rings is 1. The van der Waals surface area contributed by atoms with Gasteiger partial charge < -0.3 is 19.2 Å². The summed E-state index contributed by atoms with van der Waals surface area (Å²) in [5.41, 5.74) is 1.04. The molecule has 0 spiro atoms. The molecule has 1 atom stereocenters. The Balaban J connectivity index is 2.31. The van der Waals surface area contributed by atoms with E-state index in [1.807, 2.05) is 18.3 Å². The van der Waals surface area contributed by atoms with Crippen LogP contribution in [0.15, 0.2) is 24.5 Å². The fraction of sp³-hybridized carbons (Fsp3) is 0.357. The van der Waals surface area contributed by atoms with Crippen molar-refractivity contribution in [2.75, 3.05) is 21.3 Å². The van der Waals surface area contributed by atoms with E-state index in [0.717, 1.165) is 17.8 Å². The number of rotatable bonds is 6. The van der Waals surface area contributed by atoms with Crippen molar-refractivity contribution in [3.8, 4) is 17.2 Å². The van der Waals surface area contributed by atoms with Gasteiger partial charge in [0.1, 0.15) is 5.82 Å². The number of nitrogens with zero attached hydrogens (tertiary/aromatic N) is 1. The molecule has 1 unspecified atom stereocenters. The molecule has 5 nitrogen and oxygen atoms in total. The van der Waals surface area contributed by atoms with Crippen molar-refractivity contribution in [3.63, 3.8) is 0 Å². The Morgan fingerprint density at radius 1 is 1.15 bits per heavy atom. The van der Waals surface area contributed by atoms with Crippen molar-refractivity contribution in [2.45, 2.75) is 11.2 Å². The first-order chi connectivity index (χ1) is 9.69. The molecule has 20 heavy (non-hydrogen) atoms. The molecule has 0 aliphatic carbocycles. The Labute approximate surface area is 126 Å². The Morgan fingerprint density at radius 3 is 2.25 bits per heavy atom. The van der Waals surface area contributed by atoms with Gasteiger partial charge in [-0.25, -0.2) is 4.98 Å². The minimum Gasteiger partial charge on any atom is -0.493 e. The zero-order valence-corrected chi connectivity index (χ0v) is 13.2. The normalized spacial score (nSPS) is 12.0. The number of aromatic nitrogens is 2. The van der Waals surface area contributed by atoms with Crippen LogP contribution in [-0.2, 0) is 6.42 Å². The van der Waals surface area contributed by atoms with E-state index in [1.165, 1.54) is 0 Å². The summed E-state index contributed by atoms with van der Waals surface area (Å²) >= 11 is 3.67. The second kappa shape index (κ2) is 6.65. The number of hydrogen-bond donors (Lipinski definition) is 1. The molecule has 6 heteroatoms. The lowest BCUT2D eigenvalue weighted by Gasteiger charge is -2.16. The minimum absolute atomic E-state index is 0.0994. The highest BCUT2D eigenvalue weighted by atomic mass is 79.9. The maximum Gasteiger partial charge on any atom is 0.203 e. The molecule has 0 bridgehead atoms. The van der Waals surface area contributed by atoms with Crippen LogP contribution in [-0.4, -0.2) is 31.3 Å². The van der Waals surface area contributed by atoms with Crippen molar-refractivity contribution >= 4 is 15.9 Å². The van der Waals surface area contributed by atoms with Crippen LogP contribution in [0.4, 0.5) is 0 Å². The molecule has 0 amide bonds. The van der Waals surface area contributed by atoms with Gasteiger partial charge >= 0.3 is 0 Å². The Bertz CT molecular complexity index is 533. The molecular formula is C14H17BrN2O3. The molecule has 0 radical (unpaired) electrons. The van der Waals surface area contributed by atoms with E-state index in [0.29, 0.717) is 17.2 Å². The van der Waals surface area contributed by atoms with Crippen LogP contribution >= 0.6 is 15.9 Å². The Kier molecular flexibility index (Phi) is 4.89. The number of ether oxygens (including phenoxy) is 3. The highest BCUT2D eigenvalue weighted by Gasteiger charge is 2.18. The lowest BCUT2D eigenvalue weighted by atomic mass is 10.1. The largest absolute Gasteiger partial charge is 0.493 e. The van der Waals surface area contributed by atoms with Crippen molar-refractivity contribution < 1.29 is 14.2 Å². The van der Waals surface area contributed by atoms with Gasteiger partial charge in [0, 0.05) is 23.6 Å². The molecule has 1 aromatic heterocycles. The predicted molar refractivity (Wildman–Crippen MR) is 80.1 cm³/mol. The van der Waals surface area contributed by atoms with Crippen molar-refractivity contribution in [1.82, 2.24) is 9.97 Å². The monoisotopic (exact) mass is 340 g/mol. The van der Waals surface area contributed by atoms with Gasteiger partial charge in [0.2, 0.25) is 5.75 Å². The minimum atomic E-state index is 0.0994. The van der Waals surface area contributed by atoms with Gasteiger partial charge in [0.25, 0.3) is 0 Å². The van der Waals surface area contributed by atoms with Crippen LogP contribution in [0, 0.1) is 0 Å². The molecule has 0 aliphatic rings. The zero-order chi connectivity index (χ0) is 14.5. The first kappa shape index (κ1) is 14.7. The second-order valence-electron chi connectivity index (χ2n) is 4.17. The topological polar surface area (TPSA) is 56.4 Å². The summed E-state index contributed by atoms with van der Waals surface area (Å²) in [5.74, 6) is 2.80. The van der Waals surface area contributed by atoms with E-state index in [1.54, 1.807) is 27.5 Å². The molecule has 0 aliphatic heterocycles. The number of hydrogen-bond acceptors (Lipinski definition) is 4. The molecule has 1 heterocycles. The maximum atomic E-state index is 5.36. The van der Waals surface area contributed by atoms with Gasteiger partial charge in [-0.15, -0.1) is 0 Å². The fourth-order valence-corrected chi connectivity index (χ4v) is 2.55. The molecule has 108 valence electrons. The molecule has 0 saturated heterocycles. The molecule has 2 aromatic rings. The van der Waals surface area contributed by atoms with Crippen LogP contribution in [0.5, 0.6) is 17.2 Å². The summed E-state index contributed by atoms with van der Waals surface area (Å²) in [6.07, 6.45) is 4.29. The smallest absolute Gasteiger partial charge is 0.203 e. The van der Waals surface area contributed by atoms with Gasteiger partial charge in [0.15, 0.2) is 11.5 Å². The first-order valence-electron chi connectivity index (χ1n) is 6.11. The highest BCUT2D eigenvalue weighted by Crippen LogP contribution is 2.41. The van der Waals surface area contributed by atoms with Crippen molar-refractivity contribution in [2.24, 2.45) is 0 Å². The van der Waals surface area contributed by atoms with E-state index in [-0.39, 0.29) is 4.83 Å². The third-order valence-electron chi connectivity index (χ3n) is 2.98. The van der Waals surface area contributed by atoms with Gasteiger partial charge in [0.05, 0.1) is 21.3 Å². The van der Waals surface area contributed by atoms with Crippen molar-refractivity contribution in [3.05, 3.63) is 35.9 Å². The lowest BCUT2D eigenvalue weighted by molar-refractivity contribution is 0.323. The first-order valence-corrected chi connectivity index (χ1v) is 7.03. The summed E-state index contributed by atoms with van der Waals surface area (Å²) in [5, 5.41) is 0. The van der Waals surface area contributed by atoms with E-state index in [4.69, 9.17) is 14.2 Å². The Morgan fingerprint density at radius 2 is 1.80 bits per heavy atom. The zero-order valence-electron chi connectivity index (χ0n) is 11.6. The standard InChI is InChI=1S/C14H17BrN2O3/c1-18-11-6-9(7-12(19-2)14(11)20-3)10(15)8-13-16-4-5-17-13/h4-7,10H,8H2,1-3H3,(H,16,17). The van der Waals surface area contributed by atoms with Crippen molar-refractivity contribution in [1.29, 1.82) is 0 Å². The number of benzene rings is 1. The number of aromatic amines is 1. The third-order valence-corrected chi connectivity index (χ3v) is 3.83. The van der Waals surface area contributed by atoms with Gasteiger partial charge in [-0.2, -0.15) is 0 Å². The van der Waals surface area contributed by atoms with Gasteiger partial charge in [-0.1, -0.05) is 15.9 Å². The number of H-pyrrole nitrogens is 1. The van der Waals surface area contributed by atoms with Crippen LogP contribution < -0.4 is 14.2 Å². The van der Waals surface area contributed by atoms with E-state index in [2.05, 4.69) is 25.9 Å². The summed E-state index contributed by atoms with van der Waals surface area (Å²) < 4.78 is 16.0. The average Bonchev–Trinajstić information content (AvgIpc) is 2.98. The number of halogens is 1. The van der Waals surface area contributed by atoms with E-state index in [9.17, 15) is 0 Å². The SMILES string of the molecule is COc1cc(C(Br)Cc2ncc[nH]2)cc(OC)c1OC. The van der Waals surface area contributed by atoms with Crippen LogP contribution in [0.1, 0.15) is 16.2 Å². The maximum absolute atomic E-state index is 5.36. The van der Waals surface area contributed by atoms with E-state index >= 15 is 0 Å². The summed E-state index contributed by atoms with van der Waals surface area (Å²) in [6.45, 7) is 0. The molecule has 0 saturated carbocycles. The number of alkyl halides is 1.